The van der Waals surface area contributed by atoms with Gasteiger partial charge >= 0.3 is 0 Å². The Labute approximate surface area is 87.9 Å². The zero-order chi connectivity index (χ0) is 11.6. The van der Waals surface area contributed by atoms with Crippen LogP contribution in [-0.4, -0.2) is 59.3 Å². The van der Waals surface area contributed by atoms with E-state index in [2.05, 4.69) is 5.32 Å². The summed E-state index contributed by atoms with van der Waals surface area (Å²) in [5, 5.41) is 31.0. The van der Waals surface area contributed by atoms with Gasteiger partial charge in [-0.15, -0.1) is 0 Å². The molecule has 15 heavy (non-hydrogen) atoms. The number of hydrogen-bond acceptors (Lipinski definition) is 5. The first-order chi connectivity index (χ1) is 7.02. The summed E-state index contributed by atoms with van der Waals surface area (Å²) in [6.45, 7) is 0.997. The first-order valence-corrected chi connectivity index (χ1v) is 4.79. The fraction of sp³-hybridized carbons (Fsp3) is 0.889. The maximum absolute atomic E-state index is 10.9. The fourth-order valence-corrected chi connectivity index (χ4v) is 2.04. The van der Waals surface area contributed by atoms with Crippen molar-refractivity contribution in [1.82, 2.24) is 5.32 Å². The van der Waals surface area contributed by atoms with Crippen LogP contribution in [0.5, 0.6) is 0 Å². The largest absolute Gasteiger partial charge is 0.396 e. The number of amides is 1. The van der Waals surface area contributed by atoms with Gasteiger partial charge < -0.3 is 25.4 Å². The Morgan fingerprint density at radius 2 is 2.00 bits per heavy atom. The van der Waals surface area contributed by atoms with Crippen LogP contribution in [0, 0.1) is 5.92 Å². The molecule has 0 spiro atoms. The predicted octanol–water partition coefficient (Wildman–Crippen LogP) is -2.15. The summed E-state index contributed by atoms with van der Waals surface area (Å²) >= 11 is 0. The third kappa shape index (κ3) is 2.28. The SMILES string of the molecule is CO[C@H]1[C@H](O)[C@H](CO)[C@@H](NC(C)=O)[C@@H]1O. The van der Waals surface area contributed by atoms with Gasteiger partial charge in [0.2, 0.25) is 5.91 Å². The van der Waals surface area contributed by atoms with Crippen LogP contribution >= 0.6 is 0 Å². The van der Waals surface area contributed by atoms with Crippen molar-refractivity contribution in [3.8, 4) is 0 Å². The fourth-order valence-electron chi connectivity index (χ4n) is 2.04. The minimum Gasteiger partial charge on any atom is -0.396 e. The second kappa shape index (κ2) is 4.89. The van der Waals surface area contributed by atoms with Crippen LogP contribution in [0.25, 0.3) is 0 Å². The molecule has 5 atom stereocenters. The van der Waals surface area contributed by atoms with Crippen LogP contribution in [-0.2, 0) is 9.53 Å². The van der Waals surface area contributed by atoms with E-state index in [0.29, 0.717) is 0 Å². The molecule has 0 unspecified atom stereocenters. The molecule has 4 N–H and O–H groups in total. The van der Waals surface area contributed by atoms with E-state index < -0.39 is 30.3 Å². The third-order valence-electron chi connectivity index (χ3n) is 2.79. The van der Waals surface area contributed by atoms with Gasteiger partial charge in [0.25, 0.3) is 0 Å². The molecule has 0 aliphatic heterocycles. The molecule has 1 saturated carbocycles. The Hall–Kier alpha value is -0.690. The van der Waals surface area contributed by atoms with E-state index in [0.717, 1.165) is 0 Å². The topological polar surface area (TPSA) is 99.0 Å². The molecular weight excluding hydrogens is 202 g/mol. The number of ether oxygens (including phenoxy) is 1. The third-order valence-corrected chi connectivity index (χ3v) is 2.79. The van der Waals surface area contributed by atoms with Crippen molar-refractivity contribution in [2.24, 2.45) is 5.92 Å². The molecule has 0 aromatic rings. The van der Waals surface area contributed by atoms with Gasteiger partial charge in [-0.1, -0.05) is 0 Å². The van der Waals surface area contributed by atoms with Gasteiger partial charge in [-0.05, 0) is 0 Å². The van der Waals surface area contributed by atoms with Gasteiger partial charge in [0, 0.05) is 20.0 Å². The first-order valence-electron chi connectivity index (χ1n) is 4.79. The van der Waals surface area contributed by atoms with Gasteiger partial charge in [0.05, 0.1) is 18.8 Å². The second-order valence-corrected chi connectivity index (χ2v) is 3.75. The number of carbonyl (C=O) groups is 1. The summed E-state index contributed by atoms with van der Waals surface area (Å²) in [4.78, 5) is 10.9. The molecule has 0 bridgehead atoms. The summed E-state index contributed by atoms with van der Waals surface area (Å²) in [6, 6.07) is -0.674. The average Bonchev–Trinajstić information content (AvgIpc) is 2.38. The quantitative estimate of drug-likeness (QED) is 0.434. The number of methoxy groups -OCH3 is 1. The van der Waals surface area contributed by atoms with Gasteiger partial charge in [0.1, 0.15) is 12.2 Å². The Bertz CT molecular complexity index is 235. The van der Waals surface area contributed by atoms with E-state index in [-0.39, 0.29) is 12.5 Å². The highest BCUT2D eigenvalue weighted by atomic mass is 16.5. The van der Waals surface area contributed by atoms with E-state index in [1.165, 1.54) is 14.0 Å². The Morgan fingerprint density at radius 1 is 1.40 bits per heavy atom. The van der Waals surface area contributed by atoms with E-state index in [1.807, 2.05) is 0 Å². The lowest BCUT2D eigenvalue weighted by Crippen LogP contribution is -2.46. The zero-order valence-electron chi connectivity index (χ0n) is 8.75. The minimum absolute atomic E-state index is 0.316. The smallest absolute Gasteiger partial charge is 0.217 e. The summed E-state index contributed by atoms with van der Waals surface area (Å²) < 4.78 is 4.92. The van der Waals surface area contributed by atoms with E-state index >= 15 is 0 Å². The van der Waals surface area contributed by atoms with Gasteiger partial charge in [-0.25, -0.2) is 0 Å². The first kappa shape index (κ1) is 12.4. The maximum atomic E-state index is 10.9. The average molecular weight is 219 g/mol. The highest BCUT2D eigenvalue weighted by Gasteiger charge is 2.49. The summed E-state index contributed by atoms with van der Waals surface area (Å²) in [5.41, 5.74) is 0. The number of aliphatic hydroxyl groups excluding tert-OH is 3. The highest BCUT2D eigenvalue weighted by molar-refractivity contribution is 5.73. The van der Waals surface area contributed by atoms with Crippen molar-refractivity contribution in [2.45, 2.75) is 31.3 Å². The van der Waals surface area contributed by atoms with Crippen LogP contribution in [0.15, 0.2) is 0 Å². The lowest BCUT2D eigenvalue weighted by molar-refractivity contribution is -0.121. The summed E-state index contributed by atoms with van der Waals surface area (Å²) in [6.07, 6.45) is -2.77. The Balaban J connectivity index is 2.79. The van der Waals surface area contributed by atoms with Gasteiger partial charge in [-0.2, -0.15) is 0 Å². The van der Waals surface area contributed by atoms with E-state index in [9.17, 15) is 15.0 Å². The number of nitrogens with one attached hydrogen (secondary N) is 1. The summed E-state index contributed by atoms with van der Waals surface area (Å²) in [7, 11) is 1.36. The molecule has 1 fully saturated rings. The standard InChI is InChI=1S/C9H17NO5/c1-4(12)10-6-5(3-11)7(13)9(15-2)8(6)14/h5-9,11,13-14H,3H2,1-2H3,(H,10,12)/t5-,6-,7-,8+,9+/m1/s1. The molecule has 1 aliphatic rings. The number of rotatable bonds is 3. The van der Waals surface area contributed by atoms with Crippen molar-refractivity contribution in [3.63, 3.8) is 0 Å². The molecule has 0 aromatic carbocycles. The number of carbonyl (C=O) groups excluding carboxylic acids is 1. The van der Waals surface area contributed by atoms with E-state index in [1.54, 1.807) is 0 Å². The van der Waals surface area contributed by atoms with Crippen molar-refractivity contribution >= 4 is 5.91 Å². The van der Waals surface area contributed by atoms with Crippen molar-refractivity contribution in [3.05, 3.63) is 0 Å². The molecule has 0 aromatic heterocycles. The Kier molecular flexibility index (Phi) is 4.04. The van der Waals surface area contributed by atoms with Gasteiger partial charge in [0.15, 0.2) is 0 Å². The van der Waals surface area contributed by atoms with Crippen LogP contribution in [0.2, 0.25) is 0 Å². The zero-order valence-corrected chi connectivity index (χ0v) is 8.75. The lowest BCUT2D eigenvalue weighted by Gasteiger charge is -2.21. The molecule has 88 valence electrons. The van der Waals surface area contributed by atoms with Crippen molar-refractivity contribution in [2.75, 3.05) is 13.7 Å². The molecule has 1 amide bonds. The molecule has 0 radical (unpaired) electrons. The molecule has 0 saturated heterocycles. The predicted molar refractivity (Wildman–Crippen MR) is 51.0 cm³/mol. The molecule has 1 rings (SSSR count). The second-order valence-electron chi connectivity index (χ2n) is 3.75. The van der Waals surface area contributed by atoms with Crippen LogP contribution in [0.3, 0.4) is 0 Å². The van der Waals surface area contributed by atoms with E-state index in [4.69, 9.17) is 9.84 Å². The minimum atomic E-state index is -1.01. The summed E-state index contributed by atoms with van der Waals surface area (Å²) in [5.74, 6) is -0.921. The maximum Gasteiger partial charge on any atom is 0.217 e. The molecule has 6 nitrogen and oxygen atoms in total. The molecule has 1 aliphatic carbocycles. The van der Waals surface area contributed by atoms with Crippen LogP contribution < -0.4 is 5.32 Å². The molecular formula is C9H17NO5. The number of aliphatic hydroxyl groups is 3. The normalized spacial score (nSPS) is 40.5. The molecule has 0 heterocycles. The van der Waals surface area contributed by atoms with Crippen LogP contribution in [0.4, 0.5) is 0 Å². The lowest BCUT2D eigenvalue weighted by atomic mass is 10.0. The monoisotopic (exact) mass is 219 g/mol. The molecule has 6 heteroatoms. The highest BCUT2D eigenvalue weighted by Crippen LogP contribution is 2.28. The number of hydrogen-bond donors (Lipinski definition) is 4. The van der Waals surface area contributed by atoms with Gasteiger partial charge in [-0.3, -0.25) is 4.79 Å². The van der Waals surface area contributed by atoms with Crippen molar-refractivity contribution < 1.29 is 24.9 Å². The van der Waals surface area contributed by atoms with Crippen LogP contribution in [0.1, 0.15) is 6.92 Å². The van der Waals surface area contributed by atoms with Crippen molar-refractivity contribution in [1.29, 1.82) is 0 Å². The Morgan fingerprint density at radius 3 is 2.40 bits per heavy atom.